The van der Waals surface area contributed by atoms with E-state index in [-0.39, 0.29) is 29.3 Å². The Hall–Kier alpha value is -2.05. The number of rotatable bonds is 2. The van der Waals surface area contributed by atoms with Crippen molar-refractivity contribution in [1.82, 2.24) is 4.90 Å². The van der Waals surface area contributed by atoms with E-state index in [0.29, 0.717) is 6.42 Å². The highest BCUT2D eigenvalue weighted by Gasteiger charge is 2.78. The summed E-state index contributed by atoms with van der Waals surface area (Å²) in [6, 6.07) is 4.41. The molecule has 2 spiro atoms. The molecule has 154 valence electrons. The second-order valence-electron chi connectivity index (χ2n) is 9.23. The number of benzene rings is 1. The lowest BCUT2D eigenvalue weighted by molar-refractivity contribution is -0.264. The highest BCUT2D eigenvalue weighted by atomic mass is 16.5. The van der Waals surface area contributed by atoms with Crippen molar-refractivity contribution in [3.63, 3.8) is 0 Å². The molecule has 4 aliphatic heterocycles. The molecule has 4 heterocycles. The average molecular weight is 396 g/mol. The fraction of sp³-hybridized carbons (Fsp3) is 0.609. The number of nitrogens with zero attached hydrogens (tertiary/aromatic N) is 2. The molecule has 6 nitrogen and oxygen atoms in total. The third kappa shape index (κ3) is 1.72. The molecule has 0 N–H and O–H groups in total. The van der Waals surface area contributed by atoms with Crippen LogP contribution >= 0.6 is 0 Å². The molecule has 0 unspecified atom stereocenters. The lowest BCUT2D eigenvalue weighted by atomic mass is 9.51. The maximum Gasteiger partial charge on any atom is 0.184 e. The standard InChI is InChI=1S/C23H28N2O4/c1-24-18-7-9-21-8-4-11-25-12-10-22(18,23(21,25)29-14-15(26)13-21)16-5-6-17(27-2)20(28-3)19(16)24/h5-7,9,18H,4,8,10-14H2,1-3H3/t18-,21-,22-,23+/m1/s1. The van der Waals surface area contributed by atoms with Crippen LogP contribution in [0.4, 0.5) is 5.69 Å². The predicted octanol–water partition coefficient (Wildman–Crippen LogP) is 2.50. The van der Waals surface area contributed by atoms with Gasteiger partial charge in [0.1, 0.15) is 12.3 Å². The second kappa shape index (κ2) is 5.55. The Morgan fingerprint density at radius 3 is 2.83 bits per heavy atom. The number of ketones is 1. The quantitative estimate of drug-likeness (QED) is 0.716. The lowest BCUT2D eigenvalue weighted by Gasteiger charge is -2.65. The van der Waals surface area contributed by atoms with E-state index in [9.17, 15) is 4.79 Å². The van der Waals surface area contributed by atoms with E-state index >= 15 is 0 Å². The number of anilines is 1. The molecule has 0 bridgehead atoms. The number of carbonyl (C=O) groups is 1. The molecule has 0 radical (unpaired) electrons. The van der Waals surface area contributed by atoms with Gasteiger partial charge in [-0.3, -0.25) is 9.69 Å². The van der Waals surface area contributed by atoms with Crippen LogP contribution in [0.5, 0.6) is 11.5 Å². The number of carbonyl (C=O) groups excluding carboxylic acids is 1. The summed E-state index contributed by atoms with van der Waals surface area (Å²) in [5.41, 5.74) is 1.44. The van der Waals surface area contributed by atoms with E-state index in [2.05, 4.69) is 35.1 Å². The van der Waals surface area contributed by atoms with Crippen molar-refractivity contribution in [2.75, 3.05) is 45.9 Å². The van der Waals surface area contributed by atoms with Crippen molar-refractivity contribution < 1.29 is 19.0 Å². The van der Waals surface area contributed by atoms with E-state index in [1.54, 1.807) is 14.2 Å². The van der Waals surface area contributed by atoms with Crippen molar-refractivity contribution >= 4 is 11.5 Å². The highest BCUT2D eigenvalue weighted by molar-refractivity contribution is 5.84. The summed E-state index contributed by atoms with van der Waals surface area (Å²) in [7, 11) is 5.54. The second-order valence-corrected chi connectivity index (χ2v) is 9.23. The van der Waals surface area contributed by atoms with Crippen molar-refractivity contribution in [2.45, 2.75) is 42.9 Å². The first-order chi connectivity index (χ1) is 14.0. The minimum absolute atomic E-state index is 0.169. The van der Waals surface area contributed by atoms with Crippen molar-refractivity contribution in [1.29, 1.82) is 0 Å². The van der Waals surface area contributed by atoms with Gasteiger partial charge in [0.15, 0.2) is 17.3 Å². The summed E-state index contributed by atoms with van der Waals surface area (Å²) in [5.74, 6) is 1.76. The molecule has 1 aromatic rings. The van der Waals surface area contributed by atoms with Gasteiger partial charge in [-0.05, 0) is 30.9 Å². The maximum absolute atomic E-state index is 12.6. The molecular formula is C23H28N2O4. The first kappa shape index (κ1) is 17.8. The van der Waals surface area contributed by atoms with Crippen LogP contribution in [0.15, 0.2) is 24.3 Å². The molecule has 5 aliphatic rings. The van der Waals surface area contributed by atoms with E-state index in [1.807, 2.05) is 6.07 Å². The lowest BCUT2D eigenvalue weighted by Crippen LogP contribution is -2.75. The van der Waals surface area contributed by atoms with Crippen LogP contribution in [0, 0.1) is 5.41 Å². The largest absolute Gasteiger partial charge is 0.493 e. The van der Waals surface area contributed by atoms with E-state index in [1.165, 1.54) is 5.56 Å². The van der Waals surface area contributed by atoms with Crippen LogP contribution < -0.4 is 14.4 Å². The Morgan fingerprint density at radius 2 is 2.03 bits per heavy atom. The molecule has 6 heteroatoms. The van der Waals surface area contributed by atoms with Gasteiger partial charge in [-0.2, -0.15) is 0 Å². The third-order valence-corrected chi connectivity index (χ3v) is 8.38. The number of fused-ring (bicyclic) bond motifs is 1. The molecule has 1 aromatic carbocycles. The molecule has 1 aliphatic carbocycles. The third-order valence-electron chi connectivity index (χ3n) is 8.38. The number of methoxy groups -OCH3 is 2. The number of piperidine rings is 1. The molecule has 3 saturated heterocycles. The fourth-order valence-electron chi connectivity index (χ4n) is 7.60. The van der Waals surface area contributed by atoms with Crippen LogP contribution in [0.1, 0.15) is 31.2 Å². The SMILES string of the molecule is COc1ccc2c(c1OC)N(C)[C@@H]1C=C[C@@]34CCCN5CC[C@@]21[C@]53OCC(=O)C4. The Kier molecular flexibility index (Phi) is 3.40. The van der Waals surface area contributed by atoms with Gasteiger partial charge in [-0.15, -0.1) is 0 Å². The maximum atomic E-state index is 12.6. The van der Waals surface area contributed by atoms with Crippen molar-refractivity contribution in [3.05, 3.63) is 29.8 Å². The van der Waals surface area contributed by atoms with E-state index < -0.39 is 5.72 Å². The summed E-state index contributed by atoms with van der Waals surface area (Å²) in [5, 5.41) is 0. The summed E-state index contributed by atoms with van der Waals surface area (Å²) >= 11 is 0. The summed E-state index contributed by atoms with van der Waals surface area (Å²) in [4.78, 5) is 17.4. The molecule has 0 amide bonds. The monoisotopic (exact) mass is 396 g/mol. The smallest absolute Gasteiger partial charge is 0.184 e. The number of hydrogen-bond donors (Lipinski definition) is 0. The molecule has 0 saturated carbocycles. The Morgan fingerprint density at radius 1 is 1.17 bits per heavy atom. The summed E-state index contributed by atoms with van der Waals surface area (Å²) in [6.07, 6.45) is 8.40. The number of likely N-dealkylation sites (N-methyl/N-ethyl adjacent to an activating group) is 1. The van der Waals surface area contributed by atoms with Crippen LogP contribution in [-0.4, -0.2) is 63.4 Å². The zero-order valence-corrected chi connectivity index (χ0v) is 17.4. The van der Waals surface area contributed by atoms with Crippen molar-refractivity contribution in [3.8, 4) is 11.5 Å². The predicted molar refractivity (Wildman–Crippen MR) is 109 cm³/mol. The number of Topliss-reactive ketones (excluding diaryl/α,β-unsaturated/α-hetero) is 1. The molecule has 29 heavy (non-hydrogen) atoms. The summed E-state index contributed by atoms with van der Waals surface area (Å²) in [6.45, 7) is 2.24. The van der Waals surface area contributed by atoms with Crippen LogP contribution in [0.3, 0.4) is 0 Å². The van der Waals surface area contributed by atoms with Gasteiger partial charge >= 0.3 is 0 Å². The van der Waals surface area contributed by atoms with E-state index in [4.69, 9.17) is 14.2 Å². The number of ether oxygens (including phenoxy) is 3. The first-order valence-corrected chi connectivity index (χ1v) is 10.6. The fourth-order valence-corrected chi connectivity index (χ4v) is 7.60. The van der Waals surface area contributed by atoms with Crippen LogP contribution in [-0.2, 0) is 14.9 Å². The van der Waals surface area contributed by atoms with Gasteiger partial charge in [-0.25, -0.2) is 0 Å². The Balaban J connectivity index is 1.67. The summed E-state index contributed by atoms with van der Waals surface area (Å²) < 4.78 is 18.2. The molecular weight excluding hydrogens is 368 g/mol. The molecule has 6 rings (SSSR count). The number of hydrogen-bond acceptors (Lipinski definition) is 6. The zero-order valence-electron chi connectivity index (χ0n) is 17.4. The van der Waals surface area contributed by atoms with Gasteiger partial charge in [0, 0.05) is 32.0 Å². The zero-order chi connectivity index (χ0) is 20.0. The van der Waals surface area contributed by atoms with Crippen LogP contribution in [0.2, 0.25) is 0 Å². The van der Waals surface area contributed by atoms with Gasteiger partial charge in [0.2, 0.25) is 0 Å². The normalized spacial score (nSPS) is 39.6. The first-order valence-electron chi connectivity index (χ1n) is 10.6. The van der Waals surface area contributed by atoms with E-state index in [0.717, 1.165) is 49.5 Å². The molecule has 3 fully saturated rings. The van der Waals surface area contributed by atoms with Gasteiger partial charge < -0.3 is 19.1 Å². The van der Waals surface area contributed by atoms with Gasteiger partial charge in [0.05, 0.1) is 31.4 Å². The molecule has 4 atom stereocenters. The molecule has 0 aromatic heterocycles. The minimum Gasteiger partial charge on any atom is -0.493 e. The average Bonchev–Trinajstić information content (AvgIpc) is 3.20. The topological polar surface area (TPSA) is 51.2 Å². The van der Waals surface area contributed by atoms with Gasteiger partial charge in [-0.1, -0.05) is 18.2 Å². The Labute approximate surface area is 171 Å². The highest BCUT2D eigenvalue weighted by Crippen LogP contribution is 2.71. The van der Waals surface area contributed by atoms with Crippen molar-refractivity contribution in [2.24, 2.45) is 5.41 Å². The van der Waals surface area contributed by atoms with Gasteiger partial charge in [0.25, 0.3) is 0 Å². The van der Waals surface area contributed by atoms with Crippen LogP contribution in [0.25, 0.3) is 0 Å². The Bertz CT molecular complexity index is 945. The minimum atomic E-state index is -0.468.